The molecule has 5 atom stereocenters. The molecular formula is C14H26. The van der Waals surface area contributed by atoms with Crippen LogP contribution in [0.4, 0.5) is 0 Å². The van der Waals surface area contributed by atoms with E-state index in [4.69, 9.17) is 0 Å². The molecule has 2 rings (SSSR count). The molecule has 2 aliphatic rings. The summed E-state index contributed by atoms with van der Waals surface area (Å²) in [6.07, 6.45) is 9.03. The highest BCUT2D eigenvalue weighted by molar-refractivity contribution is 4.89. The van der Waals surface area contributed by atoms with Crippen LogP contribution >= 0.6 is 0 Å². The van der Waals surface area contributed by atoms with Gasteiger partial charge in [-0.3, -0.25) is 0 Å². The van der Waals surface area contributed by atoms with Gasteiger partial charge < -0.3 is 0 Å². The minimum absolute atomic E-state index is 1.01. The Morgan fingerprint density at radius 2 is 1.71 bits per heavy atom. The third-order valence-electron chi connectivity index (χ3n) is 5.07. The molecule has 82 valence electrons. The fourth-order valence-electron chi connectivity index (χ4n) is 4.11. The molecule has 2 fully saturated rings. The van der Waals surface area contributed by atoms with E-state index in [9.17, 15) is 0 Å². The highest BCUT2D eigenvalue weighted by atomic mass is 14.4. The van der Waals surface area contributed by atoms with Gasteiger partial charge in [0.25, 0.3) is 0 Å². The highest BCUT2D eigenvalue weighted by Crippen LogP contribution is 2.48. The van der Waals surface area contributed by atoms with E-state index < -0.39 is 0 Å². The van der Waals surface area contributed by atoms with Crippen molar-refractivity contribution in [3.8, 4) is 0 Å². The van der Waals surface area contributed by atoms with Gasteiger partial charge in [0.2, 0.25) is 0 Å². The van der Waals surface area contributed by atoms with Crippen molar-refractivity contribution in [1.29, 1.82) is 0 Å². The van der Waals surface area contributed by atoms with Crippen LogP contribution in [0.1, 0.15) is 59.3 Å². The topological polar surface area (TPSA) is 0 Å². The summed E-state index contributed by atoms with van der Waals surface area (Å²) in [6.45, 7) is 7.36. The first-order chi connectivity index (χ1) is 6.72. The molecule has 0 nitrogen and oxygen atoms in total. The molecule has 0 amide bonds. The van der Waals surface area contributed by atoms with E-state index >= 15 is 0 Å². The molecule has 0 bridgehead atoms. The van der Waals surface area contributed by atoms with Crippen LogP contribution in [-0.2, 0) is 0 Å². The third kappa shape index (κ3) is 1.85. The molecule has 0 saturated heterocycles. The van der Waals surface area contributed by atoms with E-state index in [-0.39, 0.29) is 0 Å². The summed E-state index contributed by atoms with van der Waals surface area (Å²) < 4.78 is 0. The van der Waals surface area contributed by atoms with E-state index in [1.807, 2.05) is 0 Å². The molecule has 0 radical (unpaired) electrons. The van der Waals surface area contributed by atoms with Gasteiger partial charge in [-0.25, -0.2) is 0 Å². The first-order valence-electron chi connectivity index (χ1n) is 6.72. The van der Waals surface area contributed by atoms with Crippen molar-refractivity contribution in [3.05, 3.63) is 0 Å². The van der Waals surface area contributed by atoms with Crippen LogP contribution in [0.15, 0.2) is 0 Å². The fourth-order valence-corrected chi connectivity index (χ4v) is 4.11. The summed E-state index contributed by atoms with van der Waals surface area (Å²) in [5, 5.41) is 0. The Morgan fingerprint density at radius 3 is 2.43 bits per heavy atom. The van der Waals surface area contributed by atoms with Gasteiger partial charge in [0.05, 0.1) is 0 Å². The van der Waals surface area contributed by atoms with Crippen LogP contribution in [0.5, 0.6) is 0 Å². The van der Waals surface area contributed by atoms with Crippen molar-refractivity contribution in [3.63, 3.8) is 0 Å². The molecule has 14 heavy (non-hydrogen) atoms. The van der Waals surface area contributed by atoms with Crippen molar-refractivity contribution >= 4 is 0 Å². The molecule has 0 heterocycles. The van der Waals surface area contributed by atoms with Crippen LogP contribution in [-0.4, -0.2) is 0 Å². The number of rotatable bonds is 1. The Morgan fingerprint density at radius 1 is 0.929 bits per heavy atom. The average molecular weight is 194 g/mol. The Bertz CT molecular complexity index is 184. The lowest BCUT2D eigenvalue weighted by molar-refractivity contribution is 0.0370. The van der Waals surface area contributed by atoms with Gasteiger partial charge in [0.1, 0.15) is 0 Å². The van der Waals surface area contributed by atoms with Crippen LogP contribution in [0.2, 0.25) is 0 Å². The van der Waals surface area contributed by atoms with Crippen LogP contribution in [0, 0.1) is 29.6 Å². The van der Waals surface area contributed by atoms with Crippen molar-refractivity contribution in [2.24, 2.45) is 29.6 Å². The summed E-state index contributed by atoms with van der Waals surface area (Å²) in [5.41, 5.74) is 0. The molecule has 0 N–H and O–H groups in total. The van der Waals surface area contributed by atoms with Crippen LogP contribution < -0.4 is 0 Å². The monoisotopic (exact) mass is 194 g/mol. The van der Waals surface area contributed by atoms with Gasteiger partial charge >= 0.3 is 0 Å². The zero-order valence-corrected chi connectivity index (χ0v) is 10.1. The standard InChI is InChI=1S/C14H26/c1-4-12-7-6-11(3)13-8-5-10(2)9-14(12)13/h10-14H,4-9H2,1-3H3/t10?,11?,12-,13+,14-/m1/s1. The Labute approximate surface area is 89.5 Å². The Hall–Kier alpha value is 0. The maximum Gasteiger partial charge on any atom is -0.0352 e. The van der Waals surface area contributed by atoms with Crippen molar-refractivity contribution in [2.45, 2.75) is 59.3 Å². The van der Waals surface area contributed by atoms with E-state index in [1.165, 1.54) is 38.5 Å². The molecule has 0 aromatic heterocycles. The SMILES string of the molecule is CC[C@@H]1CCC(C)[C@@H]2CCC(C)C[C@H]12. The van der Waals surface area contributed by atoms with Crippen LogP contribution in [0.25, 0.3) is 0 Å². The minimum atomic E-state index is 1.01. The zero-order chi connectivity index (χ0) is 10.1. The normalized spacial score (nSPS) is 48.6. The smallest absolute Gasteiger partial charge is 0.0352 e. The predicted octanol–water partition coefficient (Wildman–Crippen LogP) is 4.49. The maximum atomic E-state index is 2.50. The summed E-state index contributed by atoms with van der Waals surface area (Å²) in [6, 6.07) is 0. The second-order valence-corrected chi connectivity index (χ2v) is 5.97. The first kappa shape index (κ1) is 10.5. The molecule has 0 heteroatoms. The van der Waals surface area contributed by atoms with Crippen LogP contribution in [0.3, 0.4) is 0 Å². The average Bonchev–Trinajstić information content (AvgIpc) is 2.18. The fraction of sp³-hybridized carbons (Fsp3) is 1.00. The summed E-state index contributed by atoms with van der Waals surface area (Å²) in [7, 11) is 0. The molecule has 0 spiro atoms. The lowest BCUT2D eigenvalue weighted by Gasteiger charge is -2.46. The molecule has 2 aliphatic carbocycles. The van der Waals surface area contributed by atoms with E-state index in [1.54, 1.807) is 0 Å². The van der Waals surface area contributed by atoms with E-state index in [0.717, 1.165) is 29.6 Å². The van der Waals surface area contributed by atoms with Crippen molar-refractivity contribution in [1.82, 2.24) is 0 Å². The van der Waals surface area contributed by atoms with Crippen molar-refractivity contribution in [2.75, 3.05) is 0 Å². The molecule has 0 aromatic rings. The maximum absolute atomic E-state index is 2.50. The lowest BCUT2D eigenvalue weighted by Crippen LogP contribution is -2.37. The van der Waals surface area contributed by atoms with E-state index in [2.05, 4.69) is 20.8 Å². The predicted molar refractivity (Wildman–Crippen MR) is 62.2 cm³/mol. The molecule has 0 aromatic carbocycles. The molecular weight excluding hydrogens is 168 g/mol. The number of hydrogen-bond donors (Lipinski definition) is 0. The summed E-state index contributed by atoms with van der Waals surface area (Å²) in [4.78, 5) is 0. The first-order valence-corrected chi connectivity index (χ1v) is 6.72. The Kier molecular flexibility index (Phi) is 3.19. The minimum Gasteiger partial charge on any atom is -0.0651 e. The van der Waals surface area contributed by atoms with Gasteiger partial charge in [-0.05, 0) is 48.9 Å². The second kappa shape index (κ2) is 4.24. The molecule has 2 saturated carbocycles. The Balaban J connectivity index is 2.07. The van der Waals surface area contributed by atoms with Gasteiger partial charge in [-0.1, -0.05) is 40.0 Å². The largest absolute Gasteiger partial charge is 0.0651 e. The zero-order valence-electron chi connectivity index (χ0n) is 10.1. The van der Waals surface area contributed by atoms with E-state index in [0.29, 0.717) is 0 Å². The summed E-state index contributed by atoms with van der Waals surface area (Å²) in [5.74, 6) is 5.28. The number of hydrogen-bond acceptors (Lipinski definition) is 0. The lowest BCUT2D eigenvalue weighted by atomic mass is 9.59. The van der Waals surface area contributed by atoms with Gasteiger partial charge in [-0.15, -0.1) is 0 Å². The molecule has 2 unspecified atom stereocenters. The third-order valence-corrected chi connectivity index (χ3v) is 5.07. The number of fused-ring (bicyclic) bond motifs is 1. The van der Waals surface area contributed by atoms with Crippen molar-refractivity contribution < 1.29 is 0 Å². The van der Waals surface area contributed by atoms with Gasteiger partial charge in [-0.2, -0.15) is 0 Å². The second-order valence-electron chi connectivity index (χ2n) is 5.97. The van der Waals surface area contributed by atoms with Gasteiger partial charge in [0, 0.05) is 0 Å². The van der Waals surface area contributed by atoms with Gasteiger partial charge in [0.15, 0.2) is 0 Å². The quantitative estimate of drug-likeness (QED) is 0.577. The highest BCUT2D eigenvalue weighted by Gasteiger charge is 2.39. The molecule has 0 aliphatic heterocycles. The summed E-state index contributed by atoms with van der Waals surface area (Å²) >= 11 is 0.